The van der Waals surface area contributed by atoms with Crippen LogP contribution in [0.3, 0.4) is 0 Å². The number of hydrogen-bond donors (Lipinski definition) is 2. The first-order valence-corrected chi connectivity index (χ1v) is 8.75. The van der Waals surface area contributed by atoms with Crippen LogP contribution in [0, 0.1) is 13.8 Å². The highest BCUT2D eigenvalue weighted by Gasteiger charge is 2.07. The van der Waals surface area contributed by atoms with Crippen molar-refractivity contribution >= 4 is 58.5 Å². The third-order valence-corrected chi connectivity index (χ3v) is 4.84. The Morgan fingerprint density at radius 3 is 2.64 bits per heavy atom. The van der Waals surface area contributed by atoms with Gasteiger partial charge in [0.25, 0.3) is 0 Å². The van der Waals surface area contributed by atoms with E-state index in [9.17, 15) is 0 Å². The van der Waals surface area contributed by atoms with Crippen molar-refractivity contribution in [3.63, 3.8) is 0 Å². The van der Waals surface area contributed by atoms with Gasteiger partial charge >= 0.3 is 0 Å². The second kappa shape index (κ2) is 8.81. The minimum Gasteiger partial charge on any atom is -0.351 e. The summed E-state index contributed by atoms with van der Waals surface area (Å²) in [6.07, 6.45) is 3.80. The SMILES string of the molecule is CN=C(NCc1cn2cc(Cl)ccc2n1)NCc1sc(C)nc1C.I. The predicted octanol–water partition coefficient (Wildman–Crippen LogP) is 3.54. The van der Waals surface area contributed by atoms with Gasteiger partial charge in [-0.1, -0.05) is 11.6 Å². The summed E-state index contributed by atoms with van der Waals surface area (Å²) >= 11 is 7.70. The summed E-state index contributed by atoms with van der Waals surface area (Å²) < 4.78 is 1.92. The lowest BCUT2D eigenvalue weighted by atomic mass is 10.4. The molecule has 0 radical (unpaired) electrons. The molecule has 0 fully saturated rings. The molecule has 3 aromatic heterocycles. The molecule has 25 heavy (non-hydrogen) atoms. The molecule has 0 saturated heterocycles. The molecule has 0 atom stereocenters. The Morgan fingerprint density at radius 2 is 1.96 bits per heavy atom. The van der Waals surface area contributed by atoms with Gasteiger partial charge in [0.2, 0.25) is 0 Å². The van der Waals surface area contributed by atoms with Crippen molar-refractivity contribution in [2.75, 3.05) is 7.05 Å². The topological polar surface area (TPSA) is 66.6 Å². The van der Waals surface area contributed by atoms with Gasteiger partial charge in [-0.15, -0.1) is 35.3 Å². The lowest BCUT2D eigenvalue weighted by Gasteiger charge is -2.10. The summed E-state index contributed by atoms with van der Waals surface area (Å²) in [6, 6.07) is 3.73. The molecule has 0 spiro atoms. The zero-order valence-corrected chi connectivity index (χ0v) is 18.1. The quantitative estimate of drug-likeness (QED) is 0.333. The Bertz CT molecular complexity index is 888. The standard InChI is InChI=1S/C16H19ClN6S.HI/c1-10-14(24-11(2)21-10)7-20-16(18-3)19-6-13-9-23-8-12(17)4-5-15(23)22-13;/h4-5,8-9H,6-7H2,1-3H3,(H2,18,19,20);1H. The summed E-state index contributed by atoms with van der Waals surface area (Å²) in [7, 11) is 1.75. The number of rotatable bonds is 4. The number of thiazole rings is 1. The number of aliphatic imine (C=N–C) groups is 1. The first kappa shape index (κ1) is 19.9. The molecule has 3 heterocycles. The molecule has 0 saturated carbocycles. The van der Waals surface area contributed by atoms with E-state index in [2.05, 4.69) is 25.6 Å². The fourth-order valence-electron chi connectivity index (χ4n) is 2.40. The number of nitrogens with zero attached hydrogens (tertiary/aromatic N) is 4. The van der Waals surface area contributed by atoms with Gasteiger partial charge in [-0.3, -0.25) is 4.99 Å². The molecule has 0 aliphatic heterocycles. The van der Waals surface area contributed by atoms with Gasteiger partial charge in [0, 0.05) is 24.3 Å². The van der Waals surface area contributed by atoms with Crippen molar-refractivity contribution in [2.45, 2.75) is 26.9 Å². The molecule has 3 rings (SSSR count). The Morgan fingerprint density at radius 1 is 1.20 bits per heavy atom. The smallest absolute Gasteiger partial charge is 0.191 e. The van der Waals surface area contributed by atoms with Crippen LogP contribution >= 0.6 is 46.9 Å². The lowest BCUT2D eigenvalue weighted by molar-refractivity contribution is 0.800. The van der Waals surface area contributed by atoms with Crippen molar-refractivity contribution in [2.24, 2.45) is 4.99 Å². The maximum absolute atomic E-state index is 5.99. The molecular weight excluding hydrogens is 471 g/mol. The summed E-state index contributed by atoms with van der Waals surface area (Å²) in [6.45, 7) is 5.33. The third-order valence-electron chi connectivity index (χ3n) is 3.54. The van der Waals surface area contributed by atoms with Crippen LogP contribution in [0.1, 0.15) is 21.3 Å². The predicted molar refractivity (Wildman–Crippen MR) is 114 cm³/mol. The second-order valence-electron chi connectivity index (χ2n) is 5.37. The second-order valence-corrected chi connectivity index (χ2v) is 7.09. The number of guanidine groups is 1. The normalized spacial score (nSPS) is 11.4. The molecule has 0 unspecified atom stereocenters. The average molecular weight is 491 g/mol. The van der Waals surface area contributed by atoms with E-state index in [1.165, 1.54) is 4.88 Å². The van der Waals surface area contributed by atoms with Crippen molar-refractivity contribution in [3.8, 4) is 0 Å². The Hall–Kier alpha value is -1.39. The number of aromatic nitrogens is 3. The molecule has 134 valence electrons. The zero-order valence-electron chi connectivity index (χ0n) is 14.2. The van der Waals surface area contributed by atoms with Crippen LogP contribution < -0.4 is 10.6 Å². The van der Waals surface area contributed by atoms with Gasteiger partial charge in [0.15, 0.2) is 5.96 Å². The molecule has 6 nitrogen and oxygen atoms in total. The Labute approximate surface area is 172 Å². The first-order chi connectivity index (χ1) is 11.5. The van der Waals surface area contributed by atoms with Gasteiger partial charge in [0.1, 0.15) is 5.65 Å². The number of nitrogens with one attached hydrogen (secondary N) is 2. The molecule has 3 aromatic rings. The van der Waals surface area contributed by atoms with E-state index in [1.807, 2.05) is 42.8 Å². The van der Waals surface area contributed by atoms with Crippen LogP contribution in [0.4, 0.5) is 0 Å². The largest absolute Gasteiger partial charge is 0.351 e. The van der Waals surface area contributed by atoms with Crippen LogP contribution in [0.25, 0.3) is 5.65 Å². The lowest BCUT2D eigenvalue weighted by Crippen LogP contribution is -2.36. The number of aryl methyl sites for hydroxylation is 2. The van der Waals surface area contributed by atoms with Gasteiger partial charge in [0.05, 0.1) is 34.5 Å². The van der Waals surface area contributed by atoms with E-state index in [0.29, 0.717) is 18.1 Å². The number of fused-ring (bicyclic) bond motifs is 1. The Kier molecular flexibility index (Phi) is 7.03. The van der Waals surface area contributed by atoms with E-state index in [1.54, 1.807) is 18.4 Å². The van der Waals surface area contributed by atoms with E-state index < -0.39 is 0 Å². The van der Waals surface area contributed by atoms with Crippen LogP contribution in [-0.2, 0) is 13.1 Å². The minimum atomic E-state index is 0. The van der Waals surface area contributed by atoms with Crippen LogP contribution in [-0.4, -0.2) is 27.4 Å². The van der Waals surface area contributed by atoms with Crippen molar-refractivity contribution in [1.82, 2.24) is 25.0 Å². The highest BCUT2D eigenvalue weighted by atomic mass is 127. The monoisotopic (exact) mass is 490 g/mol. The highest BCUT2D eigenvalue weighted by Crippen LogP contribution is 2.16. The number of hydrogen-bond acceptors (Lipinski definition) is 4. The number of imidazole rings is 1. The Balaban J connectivity index is 0.00000225. The summed E-state index contributed by atoms with van der Waals surface area (Å²) in [4.78, 5) is 14.4. The van der Waals surface area contributed by atoms with Crippen LogP contribution in [0.15, 0.2) is 29.5 Å². The zero-order chi connectivity index (χ0) is 17.1. The molecule has 0 bridgehead atoms. The van der Waals surface area contributed by atoms with Crippen LogP contribution in [0.5, 0.6) is 0 Å². The average Bonchev–Trinajstić information content (AvgIpc) is 3.09. The van der Waals surface area contributed by atoms with Crippen molar-refractivity contribution < 1.29 is 0 Å². The number of halogens is 2. The van der Waals surface area contributed by atoms with Gasteiger partial charge in [-0.2, -0.15) is 0 Å². The van der Waals surface area contributed by atoms with Crippen LogP contribution in [0.2, 0.25) is 5.02 Å². The molecule has 9 heteroatoms. The summed E-state index contributed by atoms with van der Waals surface area (Å²) in [5.74, 6) is 0.732. The third kappa shape index (κ3) is 5.05. The maximum Gasteiger partial charge on any atom is 0.191 e. The molecule has 0 aromatic carbocycles. The van der Waals surface area contributed by atoms with E-state index in [-0.39, 0.29) is 24.0 Å². The van der Waals surface area contributed by atoms with E-state index >= 15 is 0 Å². The first-order valence-electron chi connectivity index (χ1n) is 7.55. The van der Waals surface area contributed by atoms with Crippen molar-refractivity contribution in [1.29, 1.82) is 0 Å². The fraction of sp³-hybridized carbons (Fsp3) is 0.312. The summed E-state index contributed by atoms with van der Waals surface area (Å²) in [5.41, 5.74) is 2.86. The van der Waals surface area contributed by atoms with Gasteiger partial charge in [-0.05, 0) is 26.0 Å². The molecule has 0 aliphatic carbocycles. The van der Waals surface area contributed by atoms with Gasteiger partial charge in [-0.25, -0.2) is 9.97 Å². The fourth-order valence-corrected chi connectivity index (χ4v) is 3.44. The maximum atomic E-state index is 5.99. The molecule has 2 N–H and O–H groups in total. The highest BCUT2D eigenvalue weighted by molar-refractivity contribution is 14.0. The van der Waals surface area contributed by atoms with E-state index in [4.69, 9.17) is 11.6 Å². The van der Waals surface area contributed by atoms with Crippen molar-refractivity contribution in [3.05, 3.63) is 50.8 Å². The minimum absolute atomic E-state index is 0. The molecular formula is C16H20ClIN6S. The van der Waals surface area contributed by atoms with E-state index in [0.717, 1.165) is 28.0 Å². The number of pyridine rings is 1. The van der Waals surface area contributed by atoms with Gasteiger partial charge < -0.3 is 15.0 Å². The summed E-state index contributed by atoms with van der Waals surface area (Å²) in [5, 5.41) is 8.35. The molecule has 0 amide bonds. The molecule has 0 aliphatic rings.